The van der Waals surface area contributed by atoms with Gasteiger partial charge >= 0.3 is 0 Å². The summed E-state index contributed by atoms with van der Waals surface area (Å²) in [5.74, 6) is 0. The van der Waals surface area contributed by atoms with E-state index in [1.807, 2.05) is 7.05 Å². The molecule has 2 aromatic carbocycles. The highest BCUT2D eigenvalue weighted by atomic mass is 16.5. The summed E-state index contributed by atoms with van der Waals surface area (Å²) in [7, 11) is 2.02. The van der Waals surface area contributed by atoms with Crippen LogP contribution in [0, 0.1) is 0 Å². The van der Waals surface area contributed by atoms with Crippen LogP contribution in [0.3, 0.4) is 0 Å². The molecule has 1 heterocycles. The first kappa shape index (κ1) is 14.3. The van der Waals surface area contributed by atoms with Crippen LogP contribution in [-0.4, -0.2) is 13.7 Å². The number of fused-ring (bicyclic) bond motifs is 1. The summed E-state index contributed by atoms with van der Waals surface area (Å²) in [4.78, 5) is 0. The maximum absolute atomic E-state index is 6.12. The molecule has 2 aromatic rings. The molecule has 21 heavy (non-hydrogen) atoms. The van der Waals surface area contributed by atoms with E-state index in [2.05, 4.69) is 60.8 Å². The van der Waals surface area contributed by atoms with E-state index in [9.17, 15) is 0 Å². The molecule has 0 aromatic heterocycles. The van der Waals surface area contributed by atoms with E-state index in [0.717, 1.165) is 19.4 Å². The van der Waals surface area contributed by atoms with Gasteiger partial charge in [0.1, 0.15) is 6.10 Å². The molecule has 0 fully saturated rings. The molecule has 1 aliphatic heterocycles. The summed E-state index contributed by atoms with van der Waals surface area (Å²) >= 11 is 0. The first-order valence-corrected chi connectivity index (χ1v) is 7.79. The highest BCUT2D eigenvalue weighted by molar-refractivity contribution is 5.35. The van der Waals surface area contributed by atoms with E-state index < -0.39 is 0 Å². The molecule has 0 aliphatic carbocycles. The van der Waals surface area contributed by atoms with Crippen LogP contribution in [0.4, 0.5) is 0 Å². The number of nitrogens with one attached hydrogen (secondary N) is 1. The van der Waals surface area contributed by atoms with Crippen molar-refractivity contribution in [3.8, 4) is 0 Å². The van der Waals surface area contributed by atoms with Crippen LogP contribution in [0.15, 0.2) is 48.5 Å². The van der Waals surface area contributed by atoms with Crippen LogP contribution >= 0.6 is 0 Å². The van der Waals surface area contributed by atoms with E-state index in [1.54, 1.807) is 0 Å². The molecule has 1 aliphatic rings. The number of hydrogen-bond donors (Lipinski definition) is 1. The van der Waals surface area contributed by atoms with Crippen molar-refractivity contribution in [2.75, 3.05) is 13.7 Å². The Labute approximate surface area is 127 Å². The van der Waals surface area contributed by atoms with Gasteiger partial charge < -0.3 is 10.1 Å². The van der Waals surface area contributed by atoms with Gasteiger partial charge in [-0.25, -0.2) is 0 Å². The molecule has 0 amide bonds. The first-order chi connectivity index (χ1) is 10.3. The SMILES string of the molecule is CCc1cccc(C(NC)C2OCCc3ccccc32)c1. The molecule has 0 radical (unpaired) electrons. The summed E-state index contributed by atoms with van der Waals surface area (Å²) in [5.41, 5.74) is 5.42. The summed E-state index contributed by atoms with van der Waals surface area (Å²) in [6.45, 7) is 2.99. The largest absolute Gasteiger partial charge is 0.371 e. The zero-order chi connectivity index (χ0) is 14.7. The zero-order valence-electron chi connectivity index (χ0n) is 12.8. The number of ether oxygens (including phenoxy) is 1. The third-order valence-corrected chi connectivity index (χ3v) is 4.36. The molecule has 2 heteroatoms. The van der Waals surface area contributed by atoms with E-state index in [4.69, 9.17) is 4.74 Å². The van der Waals surface area contributed by atoms with Gasteiger partial charge in [-0.2, -0.15) is 0 Å². The average Bonchev–Trinajstić information content (AvgIpc) is 2.56. The minimum Gasteiger partial charge on any atom is -0.371 e. The summed E-state index contributed by atoms with van der Waals surface area (Å²) in [6.07, 6.45) is 2.16. The van der Waals surface area contributed by atoms with E-state index in [1.165, 1.54) is 22.3 Å². The van der Waals surface area contributed by atoms with Gasteiger partial charge in [0.15, 0.2) is 0 Å². The second kappa shape index (κ2) is 6.42. The van der Waals surface area contributed by atoms with Crippen LogP contribution < -0.4 is 5.32 Å². The molecule has 3 rings (SSSR count). The normalized spacial score (nSPS) is 19.0. The Morgan fingerprint density at radius 2 is 2.05 bits per heavy atom. The molecule has 2 nitrogen and oxygen atoms in total. The van der Waals surface area contributed by atoms with Crippen molar-refractivity contribution < 1.29 is 4.74 Å². The van der Waals surface area contributed by atoms with Crippen molar-refractivity contribution >= 4 is 0 Å². The quantitative estimate of drug-likeness (QED) is 0.920. The van der Waals surface area contributed by atoms with Gasteiger partial charge in [0.25, 0.3) is 0 Å². The zero-order valence-corrected chi connectivity index (χ0v) is 12.8. The number of hydrogen-bond acceptors (Lipinski definition) is 2. The van der Waals surface area contributed by atoms with Crippen molar-refractivity contribution in [3.63, 3.8) is 0 Å². The fourth-order valence-corrected chi connectivity index (χ4v) is 3.20. The Bertz CT molecular complexity index is 608. The Hall–Kier alpha value is -1.64. The Morgan fingerprint density at radius 3 is 2.86 bits per heavy atom. The van der Waals surface area contributed by atoms with Gasteiger partial charge in [0.05, 0.1) is 12.6 Å². The maximum Gasteiger partial charge on any atom is 0.102 e. The number of rotatable bonds is 4. The van der Waals surface area contributed by atoms with Crippen molar-refractivity contribution in [2.45, 2.75) is 31.9 Å². The molecule has 110 valence electrons. The van der Waals surface area contributed by atoms with E-state index >= 15 is 0 Å². The Balaban J connectivity index is 1.97. The van der Waals surface area contributed by atoms with Gasteiger partial charge in [-0.3, -0.25) is 0 Å². The lowest BCUT2D eigenvalue weighted by Crippen LogP contribution is -2.29. The fourth-order valence-electron chi connectivity index (χ4n) is 3.20. The number of likely N-dealkylation sites (N-methyl/N-ethyl adjacent to an activating group) is 1. The predicted octanol–water partition coefficient (Wildman–Crippen LogP) is 3.82. The third kappa shape index (κ3) is 2.87. The van der Waals surface area contributed by atoms with Gasteiger partial charge in [0.2, 0.25) is 0 Å². The Kier molecular flexibility index (Phi) is 4.37. The monoisotopic (exact) mass is 281 g/mol. The standard InChI is InChI=1S/C19H23NO/c1-3-14-7-6-9-16(13-14)18(20-2)19-17-10-5-4-8-15(17)11-12-21-19/h4-10,13,18-20H,3,11-12H2,1-2H3. The molecule has 0 saturated heterocycles. The van der Waals surface area contributed by atoms with Gasteiger partial charge in [-0.05, 0) is 42.1 Å². The highest BCUT2D eigenvalue weighted by Gasteiger charge is 2.28. The number of aryl methyl sites for hydroxylation is 1. The highest BCUT2D eigenvalue weighted by Crippen LogP contribution is 2.36. The lowest BCUT2D eigenvalue weighted by Gasteiger charge is -2.33. The van der Waals surface area contributed by atoms with Gasteiger partial charge in [-0.15, -0.1) is 0 Å². The molecular formula is C19H23NO. The third-order valence-electron chi connectivity index (χ3n) is 4.36. The van der Waals surface area contributed by atoms with Gasteiger partial charge in [-0.1, -0.05) is 55.5 Å². The van der Waals surface area contributed by atoms with Crippen LogP contribution in [0.5, 0.6) is 0 Å². The van der Waals surface area contributed by atoms with Crippen LogP contribution in [0.2, 0.25) is 0 Å². The maximum atomic E-state index is 6.12. The summed E-state index contributed by atoms with van der Waals surface area (Å²) < 4.78 is 6.12. The second-order valence-electron chi connectivity index (χ2n) is 5.61. The molecular weight excluding hydrogens is 258 g/mol. The van der Waals surface area contributed by atoms with Crippen LogP contribution in [0.1, 0.15) is 41.3 Å². The van der Waals surface area contributed by atoms with Gasteiger partial charge in [0, 0.05) is 0 Å². The minimum atomic E-state index is 0.0899. The van der Waals surface area contributed by atoms with Crippen molar-refractivity contribution in [2.24, 2.45) is 0 Å². The molecule has 2 atom stereocenters. The topological polar surface area (TPSA) is 21.3 Å². The molecule has 0 bridgehead atoms. The van der Waals surface area contributed by atoms with Crippen molar-refractivity contribution in [3.05, 3.63) is 70.8 Å². The van der Waals surface area contributed by atoms with E-state index in [-0.39, 0.29) is 12.1 Å². The Morgan fingerprint density at radius 1 is 1.19 bits per heavy atom. The smallest absolute Gasteiger partial charge is 0.102 e. The van der Waals surface area contributed by atoms with Crippen LogP contribution in [-0.2, 0) is 17.6 Å². The molecule has 2 unspecified atom stereocenters. The fraction of sp³-hybridized carbons (Fsp3) is 0.368. The average molecular weight is 281 g/mol. The van der Waals surface area contributed by atoms with Crippen molar-refractivity contribution in [1.82, 2.24) is 5.32 Å². The summed E-state index contributed by atoms with van der Waals surface area (Å²) in [6, 6.07) is 17.7. The lowest BCUT2D eigenvalue weighted by atomic mass is 9.89. The first-order valence-electron chi connectivity index (χ1n) is 7.79. The number of benzene rings is 2. The second-order valence-corrected chi connectivity index (χ2v) is 5.61. The van der Waals surface area contributed by atoms with E-state index in [0.29, 0.717) is 0 Å². The summed E-state index contributed by atoms with van der Waals surface area (Å²) in [5, 5.41) is 3.46. The lowest BCUT2D eigenvalue weighted by molar-refractivity contribution is 0.0165. The van der Waals surface area contributed by atoms with Crippen molar-refractivity contribution in [1.29, 1.82) is 0 Å². The molecule has 1 N–H and O–H groups in total. The molecule has 0 saturated carbocycles. The van der Waals surface area contributed by atoms with Crippen LogP contribution in [0.25, 0.3) is 0 Å². The minimum absolute atomic E-state index is 0.0899. The molecule has 0 spiro atoms. The predicted molar refractivity (Wildman–Crippen MR) is 86.5 cm³/mol.